The number of fused-ring (bicyclic) bond motifs is 1. The number of carbonyl (C=O) groups excluding carboxylic acids is 1. The highest BCUT2D eigenvalue weighted by Crippen LogP contribution is 2.23. The van der Waals surface area contributed by atoms with E-state index in [0.29, 0.717) is 11.2 Å². The van der Waals surface area contributed by atoms with Crippen LogP contribution in [0.25, 0.3) is 10.9 Å². The number of benzene rings is 1. The van der Waals surface area contributed by atoms with Crippen molar-refractivity contribution in [3.05, 3.63) is 35.3 Å². The van der Waals surface area contributed by atoms with Gasteiger partial charge in [0.05, 0.1) is 0 Å². The molecule has 1 aliphatic carbocycles. The number of H-pyrrole nitrogens is 1. The molecule has 1 heterocycles. The molecule has 0 spiro atoms. The molecule has 0 aliphatic heterocycles. The van der Waals surface area contributed by atoms with E-state index < -0.39 is 0 Å². The number of halogens is 1. The summed E-state index contributed by atoms with van der Waals surface area (Å²) in [6.07, 6.45) is 5.74. The summed E-state index contributed by atoms with van der Waals surface area (Å²) >= 11 is 0. The zero-order chi connectivity index (χ0) is 14.1. The molecule has 0 radical (unpaired) electrons. The second kappa shape index (κ2) is 5.27. The number of carbonyl (C=O) groups is 1. The van der Waals surface area contributed by atoms with Gasteiger partial charge in [-0.2, -0.15) is 0 Å². The van der Waals surface area contributed by atoms with Crippen molar-refractivity contribution in [3.63, 3.8) is 0 Å². The van der Waals surface area contributed by atoms with Crippen molar-refractivity contribution in [2.45, 2.75) is 45.1 Å². The van der Waals surface area contributed by atoms with Gasteiger partial charge in [0, 0.05) is 16.9 Å². The van der Waals surface area contributed by atoms with Gasteiger partial charge in [-0.1, -0.05) is 19.3 Å². The van der Waals surface area contributed by atoms with Gasteiger partial charge in [0.2, 0.25) is 0 Å². The highest BCUT2D eigenvalue weighted by molar-refractivity contribution is 6.01. The molecule has 106 valence electrons. The Bertz CT molecular complexity index is 641. The minimum atomic E-state index is -0.294. The van der Waals surface area contributed by atoms with Gasteiger partial charge < -0.3 is 10.3 Å². The normalized spacial score (nSPS) is 16.5. The second-order valence-electron chi connectivity index (χ2n) is 5.62. The number of amides is 1. The first-order valence-electron chi connectivity index (χ1n) is 7.24. The van der Waals surface area contributed by atoms with Gasteiger partial charge in [-0.3, -0.25) is 4.79 Å². The molecule has 20 heavy (non-hydrogen) atoms. The quantitative estimate of drug-likeness (QED) is 0.862. The SMILES string of the molecule is Cc1c(C(=O)NC2CCCCC2)[nH]c2cc(F)ccc12. The maximum atomic E-state index is 13.2. The fraction of sp³-hybridized carbons (Fsp3) is 0.438. The summed E-state index contributed by atoms with van der Waals surface area (Å²) in [6, 6.07) is 4.85. The average molecular weight is 274 g/mol. The highest BCUT2D eigenvalue weighted by Gasteiger charge is 2.20. The van der Waals surface area contributed by atoms with E-state index in [9.17, 15) is 9.18 Å². The molecule has 0 unspecified atom stereocenters. The molecule has 1 aliphatic rings. The van der Waals surface area contributed by atoms with E-state index in [1.54, 1.807) is 6.07 Å². The van der Waals surface area contributed by atoms with Crippen LogP contribution in [-0.2, 0) is 0 Å². The van der Waals surface area contributed by atoms with Crippen molar-refractivity contribution in [1.29, 1.82) is 0 Å². The Morgan fingerprint density at radius 2 is 2.05 bits per heavy atom. The Morgan fingerprint density at radius 3 is 2.80 bits per heavy atom. The molecule has 4 heteroatoms. The zero-order valence-corrected chi connectivity index (χ0v) is 11.6. The summed E-state index contributed by atoms with van der Waals surface area (Å²) in [5.74, 6) is -0.371. The van der Waals surface area contributed by atoms with Crippen LogP contribution in [0.2, 0.25) is 0 Å². The standard InChI is InChI=1S/C16H19FN2O/c1-10-13-8-7-11(17)9-14(13)19-15(10)16(20)18-12-5-3-2-4-6-12/h7-9,12,19H,2-6H2,1H3,(H,18,20). The predicted octanol–water partition coefficient (Wildman–Crippen LogP) is 3.68. The van der Waals surface area contributed by atoms with E-state index >= 15 is 0 Å². The van der Waals surface area contributed by atoms with Gasteiger partial charge in [0.1, 0.15) is 11.5 Å². The van der Waals surface area contributed by atoms with E-state index in [4.69, 9.17) is 0 Å². The lowest BCUT2D eigenvalue weighted by atomic mass is 9.95. The predicted molar refractivity (Wildman–Crippen MR) is 77.3 cm³/mol. The van der Waals surface area contributed by atoms with Crippen LogP contribution < -0.4 is 5.32 Å². The van der Waals surface area contributed by atoms with Crippen LogP contribution in [-0.4, -0.2) is 16.9 Å². The van der Waals surface area contributed by atoms with Crippen molar-refractivity contribution in [2.24, 2.45) is 0 Å². The van der Waals surface area contributed by atoms with Gasteiger partial charge in [0.25, 0.3) is 5.91 Å². The Morgan fingerprint density at radius 1 is 1.30 bits per heavy atom. The third-order valence-corrected chi connectivity index (χ3v) is 4.19. The summed E-state index contributed by atoms with van der Waals surface area (Å²) in [4.78, 5) is 15.4. The Hall–Kier alpha value is -1.84. The largest absolute Gasteiger partial charge is 0.350 e. The summed E-state index contributed by atoms with van der Waals surface area (Å²) < 4.78 is 13.2. The number of rotatable bonds is 2. The Balaban J connectivity index is 1.85. The molecule has 2 aromatic rings. The van der Waals surface area contributed by atoms with Crippen LogP contribution in [0, 0.1) is 12.7 Å². The summed E-state index contributed by atoms with van der Waals surface area (Å²) in [6.45, 7) is 1.90. The molecule has 0 saturated heterocycles. The number of hydrogen-bond acceptors (Lipinski definition) is 1. The van der Waals surface area contributed by atoms with Crippen LogP contribution in [0.15, 0.2) is 18.2 Å². The maximum absolute atomic E-state index is 13.2. The van der Waals surface area contributed by atoms with E-state index in [0.717, 1.165) is 23.8 Å². The first kappa shape index (κ1) is 13.2. The summed E-state index contributed by atoms with van der Waals surface area (Å²) in [7, 11) is 0. The molecule has 0 atom stereocenters. The van der Waals surface area contributed by atoms with E-state index in [-0.39, 0.29) is 17.8 Å². The second-order valence-corrected chi connectivity index (χ2v) is 5.62. The Kier molecular flexibility index (Phi) is 3.47. The number of hydrogen-bond donors (Lipinski definition) is 2. The highest BCUT2D eigenvalue weighted by atomic mass is 19.1. The lowest BCUT2D eigenvalue weighted by Crippen LogP contribution is -2.36. The van der Waals surface area contributed by atoms with Gasteiger partial charge in [-0.05, 0) is 43.5 Å². The van der Waals surface area contributed by atoms with Crippen LogP contribution in [0.4, 0.5) is 4.39 Å². The van der Waals surface area contributed by atoms with Gasteiger partial charge in [0.15, 0.2) is 0 Å². The maximum Gasteiger partial charge on any atom is 0.268 e. The molecule has 3 nitrogen and oxygen atoms in total. The summed E-state index contributed by atoms with van der Waals surface area (Å²) in [5.41, 5.74) is 2.11. The molecular weight excluding hydrogens is 255 g/mol. The third-order valence-electron chi connectivity index (χ3n) is 4.19. The van der Waals surface area contributed by atoms with Crippen LogP contribution in [0.5, 0.6) is 0 Å². The molecule has 1 amide bonds. The number of nitrogens with one attached hydrogen (secondary N) is 2. The van der Waals surface area contributed by atoms with Crippen LogP contribution in [0.3, 0.4) is 0 Å². The van der Waals surface area contributed by atoms with Crippen molar-refractivity contribution < 1.29 is 9.18 Å². The zero-order valence-electron chi connectivity index (χ0n) is 11.6. The molecule has 2 N–H and O–H groups in total. The molecular formula is C16H19FN2O. The number of aromatic amines is 1. The van der Waals surface area contributed by atoms with E-state index in [1.165, 1.54) is 31.4 Å². The first-order valence-corrected chi connectivity index (χ1v) is 7.24. The fourth-order valence-electron chi connectivity index (χ4n) is 3.04. The topological polar surface area (TPSA) is 44.9 Å². The minimum Gasteiger partial charge on any atom is -0.350 e. The lowest BCUT2D eigenvalue weighted by molar-refractivity contribution is 0.0923. The number of aromatic nitrogens is 1. The average Bonchev–Trinajstić information content (AvgIpc) is 2.76. The smallest absolute Gasteiger partial charge is 0.268 e. The number of aryl methyl sites for hydroxylation is 1. The molecule has 0 bridgehead atoms. The van der Waals surface area contributed by atoms with Gasteiger partial charge in [-0.25, -0.2) is 4.39 Å². The van der Waals surface area contributed by atoms with Crippen molar-refractivity contribution in [2.75, 3.05) is 0 Å². The van der Waals surface area contributed by atoms with E-state index in [2.05, 4.69) is 10.3 Å². The van der Waals surface area contributed by atoms with Gasteiger partial charge >= 0.3 is 0 Å². The van der Waals surface area contributed by atoms with Crippen molar-refractivity contribution in [1.82, 2.24) is 10.3 Å². The monoisotopic (exact) mass is 274 g/mol. The summed E-state index contributed by atoms with van der Waals surface area (Å²) in [5, 5.41) is 3.99. The Labute approximate surface area is 117 Å². The van der Waals surface area contributed by atoms with Crippen molar-refractivity contribution in [3.8, 4) is 0 Å². The molecule has 1 aromatic carbocycles. The third kappa shape index (κ3) is 2.42. The van der Waals surface area contributed by atoms with Crippen LogP contribution >= 0.6 is 0 Å². The lowest BCUT2D eigenvalue weighted by Gasteiger charge is -2.22. The molecule has 1 aromatic heterocycles. The molecule has 1 fully saturated rings. The fourth-order valence-corrected chi connectivity index (χ4v) is 3.04. The minimum absolute atomic E-state index is 0.0778. The van der Waals surface area contributed by atoms with Crippen molar-refractivity contribution >= 4 is 16.8 Å². The molecule has 3 rings (SSSR count). The van der Waals surface area contributed by atoms with Gasteiger partial charge in [-0.15, -0.1) is 0 Å². The van der Waals surface area contributed by atoms with E-state index in [1.807, 2.05) is 6.92 Å². The molecule has 1 saturated carbocycles. The van der Waals surface area contributed by atoms with Crippen LogP contribution in [0.1, 0.15) is 48.2 Å². The first-order chi connectivity index (χ1) is 9.65.